The summed E-state index contributed by atoms with van der Waals surface area (Å²) in [5.74, 6) is -0.117. The number of amides is 1. The molecule has 1 aromatic carbocycles. The van der Waals surface area contributed by atoms with E-state index in [0.29, 0.717) is 10.7 Å². The van der Waals surface area contributed by atoms with Gasteiger partial charge in [0, 0.05) is 19.9 Å². The molecule has 0 aliphatic rings. The van der Waals surface area contributed by atoms with Gasteiger partial charge in [-0.1, -0.05) is 26.8 Å². The van der Waals surface area contributed by atoms with Crippen LogP contribution in [0, 0.1) is 3.57 Å². The average Bonchev–Trinajstić information content (AvgIpc) is 2.77. The van der Waals surface area contributed by atoms with Crippen molar-refractivity contribution < 1.29 is 4.79 Å². The maximum absolute atomic E-state index is 12.1. The number of hydrogen-bond donors (Lipinski definition) is 1. The van der Waals surface area contributed by atoms with Crippen LogP contribution in [-0.2, 0) is 5.41 Å². The zero-order valence-corrected chi connectivity index (χ0v) is 14.0. The van der Waals surface area contributed by atoms with Crippen LogP contribution < -0.4 is 5.32 Å². The van der Waals surface area contributed by atoms with Crippen molar-refractivity contribution in [1.82, 2.24) is 4.98 Å². The molecule has 1 amide bonds. The summed E-state index contributed by atoms with van der Waals surface area (Å²) in [5.41, 5.74) is 1.65. The van der Waals surface area contributed by atoms with Gasteiger partial charge in [-0.25, -0.2) is 4.98 Å². The Morgan fingerprint density at radius 2 is 2.11 bits per heavy atom. The van der Waals surface area contributed by atoms with Crippen LogP contribution in [0.4, 0.5) is 5.13 Å². The first kappa shape index (κ1) is 14.5. The Balaban J connectivity index is 2.13. The number of hydrogen-bond acceptors (Lipinski definition) is 3. The highest BCUT2D eigenvalue weighted by Gasteiger charge is 2.18. The molecule has 3 nitrogen and oxygen atoms in total. The van der Waals surface area contributed by atoms with E-state index in [2.05, 4.69) is 53.7 Å². The van der Waals surface area contributed by atoms with Gasteiger partial charge in [-0.2, -0.15) is 0 Å². The van der Waals surface area contributed by atoms with Crippen molar-refractivity contribution in [3.8, 4) is 0 Å². The Labute approximate surface area is 130 Å². The summed E-state index contributed by atoms with van der Waals surface area (Å²) < 4.78 is 1.04. The molecule has 0 spiro atoms. The maximum atomic E-state index is 12.1. The topological polar surface area (TPSA) is 42.0 Å². The van der Waals surface area contributed by atoms with Gasteiger partial charge < -0.3 is 0 Å². The van der Waals surface area contributed by atoms with Crippen LogP contribution in [0.2, 0.25) is 0 Å². The molecule has 2 aromatic rings. The zero-order valence-electron chi connectivity index (χ0n) is 11.0. The highest BCUT2D eigenvalue weighted by Crippen LogP contribution is 2.26. The normalized spacial score (nSPS) is 11.4. The van der Waals surface area contributed by atoms with Gasteiger partial charge >= 0.3 is 0 Å². The lowest BCUT2D eigenvalue weighted by atomic mass is 9.93. The fraction of sp³-hybridized carbons (Fsp3) is 0.286. The molecule has 0 bridgehead atoms. The SMILES string of the molecule is CC(C)(C)c1csc(NC(=O)c2cccc(I)c2)n1. The van der Waals surface area contributed by atoms with Crippen LogP contribution in [0.3, 0.4) is 0 Å². The van der Waals surface area contributed by atoms with Crippen LogP contribution in [-0.4, -0.2) is 10.9 Å². The van der Waals surface area contributed by atoms with Gasteiger partial charge in [0.05, 0.1) is 5.69 Å². The second kappa shape index (κ2) is 5.58. The molecule has 19 heavy (non-hydrogen) atoms. The third-order valence-electron chi connectivity index (χ3n) is 2.58. The molecule has 1 N–H and O–H groups in total. The Bertz CT molecular complexity index is 601. The summed E-state index contributed by atoms with van der Waals surface area (Å²) in [6, 6.07) is 7.49. The van der Waals surface area contributed by atoms with Crippen molar-refractivity contribution in [2.24, 2.45) is 0 Å². The number of carbonyl (C=O) groups is 1. The minimum atomic E-state index is -0.117. The van der Waals surface area contributed by atoms with Gasteiger partial charge in [0.15, 0.2) is 5.13 Å². The average molecular weight is 386 g/mol. The Morgan fingerprint density at radius 1 is 1.37 bits per heavy atom. The van der Waals surface area contributed by atoms with Gasteiger partial charge in [0.2, 0.25) is 0 Å². The zero-order chi connectivity index (χ0) is 14.0. The first-order valence-electron chi connectivity index (χ1n) is 5.89. The number of rotatable bonds is 2. The van der Waals surface area contributed by atoms with Crippen LogP contribution in [0.25, 0.3) is 0 Å². The molecule has 0 radical (unpaired) electrons. The molecule has 1 heterocycles. The van der Waals surface area contributed by atoms with Crippen molar-refractivity contribution in [2.75, 3.05) is 5.32 Å². The number of anilines is 1. The van der Waals surface area contributed by atoms with E-state index < -0.39 is 0 Å². The summed E-state index contributed by atoms with van der Waals surface area (Å²) in [6.07, 6.45) is 0. The number of nitrogens with zero attached hydrogens (tertiary/aromatic N) is 1. The van der Waals surface area contributed by atoms with Crippen LogP contribution >= 0.6 is 33.9 Å². The van der Waals surface area contributed by atoms with E-state index in [9.17, 15) is 4.79 Å². The standard InChI is InChI=1S/C14H15IN2OS/c1-14(2,3)11-8-19-13(16-11)17-12(18)9-5-4-6-10(15)7-9/h4-8H,1-3H3,(H,16,17,18). The van der Waals surface area contributed by atoms with E-state index in [1.807, 2.05) is 23.6 Å². The van der Waals surface area contributed by atoms with E-state index >= 15 is 0 Å². The van der Waals surface area contributed by atoms with Gasteiger partial charge in [-0.05, 0) is 40.8 Å². The molecule has 1 aromatic heterocycles. The molecule has 0 atom stereocenters. The lowest BCUT2D eigenvalue weighted by molar-refractivity contribution is 0.102. The molecule has 0 saturated heterocycles. The summed E-state index contributed by atoms with van der Waals surface area (Å²) in [5, 5.41) is 5.48. The van der Waals surface area contributed by atoms with E-state index in [1.54, 1.807) is 6.07 Å². The van der Waals surface area contributed by atoms with Crippen molar-refractivity contribution >= 4 is 45.0 Å². The third kappa shape index (κ3) is 3.76. The Kier molecular flexibility index (Phi) is 4.25. The maximum Gasteiger partial charge on any atom is 0.257 e. The molecular weight excluding hydrogens is 371 g/mol. The third-order valence-corrected chi connectivity index (χ3v) is 4.01. The van der Waals surface area contributed by atoms with Crippen molar-refractivity contribution in [1.29, 1.82) is 0 Å². The molecule has 0 saturated carbocycles. The first-order valence-corrected chi connectivity index (χ1v) is 7.85. The van der Waals surface area contributed by atoms with E-state index in [1.165, 1.54) is 11.3 Å². The second-order valence-corrected chi connectivity index (χ2v) is 7.36. The first-order chi connectivity index (χ1) is 8.86. The Hall–Kier alpha value is -0.950. The Morgan fingerprint density at radius 3 is 2.68 bits per heavy atom. The summed E-state index contributed by atoms with van der Waals surface area (Å²) in [6.45, 7) is 6.31. The fourth-order valence-electron chi connectivity index (χ4n) is 1.47. The minimum Gasteiger partial charge on any atom is -0.298 e. The van der Waals surface area contributed by atoms with Gasteiger partial charge in [-0.3, -0.25) is 10.1 Å². The number of aromatic nitrogens is 1. The lowest BCUT2D eigenvalue weighted by Crippen LogP contribution is -2.14. The predicted molar refractivity (Wildman–Crippen MR) is 87.9 cm³/mol. The van der Waals surface area contributed by atoms with Crippen molar-refractivity contribution in [3.05, 3.63) is 44.5 Å². The molecule has 0 aliphatic heterocycles. The number of benzene rings is 1. The number of halogens is 1. The van der Waals surface area contributed by atoms with Crippen LogP contribution in [0.1, 0.15) is 36.8 Å². The van der Waals surface area contributed by atoms with E-state index in [4.69, 9.17) is 0 Å². The summed E-state index contributed by atoms with van der Waals surface area (Å²) >= 11 is 3.65. The monoisotopic (exact) mass is 386 g/mol. The smallest absolute Gasteiger partial charge is 0.257 e. The highest BCUT2D eigenvalue weighted by atomic mass is 127. The molecular formula is C14H15IN2OS. The molecule has 5 heteroatoms. The van der Waals surface area contributed by atoms with Gasteiger partial charge in [0.1, 0.15) is 0 Å². The van der Waals surface area contributed by atoms with Gasteiger partial charge in [0.25, 0.3) is 5.91 Å². The van der Waals surface area contributed by atoms with Crippen molar-refractivity contribution in [3.63, 3.8) is 0 Å². The molecule has 100 valence electrons. The molecule has 0 fully saturated rings. The van der Waals surface area contributed by atoms with Crippen LogP contribution in [0.5, 0.6) is 0 Å². The summed E-state index contributed by atoms with van der Waals surface area (Å²) in [7, 11) is 0. The second-order valence-electron chi connectivity index (χ2n) is 5.25. The van der Waals surface area contributed by atoms with Crippen molar-refractivity contribution in [2.45, 2.75) is 26.2 Å². The van der Waals surface area contributed by atoms with Crippen LogP contribution in [0.15, 0.2) is 29.6 Å². The molecule has 0 aliphatic carbocycles. The highest BCUT2D eigenvalue weighted by molar-refractivity contribution is 14.1. The van der Waals surface area contributed by atoms with E-state index in [0.717, 1.165) is 9.26 Å². The molecule has 2 rings (SSSR count). The fourth-order valence-corrected chi connectivity index (χ4v) is 2.95. The van der Waals surface area contributed by atoms with E-state index in [-0.39, 0.29) is 11.3 Å². The quantitative estimate of drug-likeness (QED) is 0.783. The molecule has 0 unspecified atom stereocenters. The largest absolute Gasteiger partial charge is 0.298 e. The number of nitrogens with one attached hydrogen (secondary N) is 1. The summed E-state index contributed by atoms with van der Waals surface area (Å²) in [4.78, 5) is 16.5. The number of carbonyl (C=O) groups excluding carboxylic acids is 1. The predicted octanol–water partition coefficient (Wildman–Crippen LogP) is 4.30. The lowest BCUT2D eigenvalue weighted by Gasteiger charge is -2.14. The minimum absolute atomic E-state index is 0.00159. The number of thiazole rings is 1. The van der Waals surface area contributed by atoms with Gasteiger partial charge in [-0.15, -0.1) is 11.3 Å².